The molecule has 2 aromatic carbocycles. The molecule has 0 fully saturated rings. The second-order valence-electron chi connectivity index (χ2n) is 6.62. The Labute approximate surface area is 165 Å². The third kappa shape index (κ3) is 4.82. The Kier molecular flexibility index (Phi) is 6.21. The molecule has 1 amide bonds. The number of carbonyl (C=O) groups excluding carboxylic acids is 1. The van der Waals surface area contributed by atoms with Crippen LogP contribution in [0.4, 0.5) is 5.69 Å². The molecule has 7 nitrogen and oxygen atoms in total. The van der Waals surface area contributed by atoms with Crippen molar-refractivity contribution in [1.82, 2.24) is 4.72 Å². The number of carbonyl (C=O) groups is 1. The Balaban J connectivity index is 1.75. The molecule has 0 bridgehead atoms. The predicted octanol–water partition coefficient (Wildman–Crippen LogP) is 2.57. The third-order valence-corrected chi connectivity index (χ3v) is 5.82. The lowest BCUT2D eigenvalue weighted by Crippen LogP contribution is -2.35. The first-order valence-electron chi connectivity index (χ1n) is 9.14. The summed E-state index contributed by atoms with van der Waals surface area (Å²) in [7, 11) is -3.83. The number of nitrogens with one attached hydrogen (secondary N) is 2. The van der Waals surface area contributed by atoms with Crippen LogP contribution < -0.4 is 19.5 Å². The first kappa shape index (κ1) is 20.2. The molecule has 0 aliphatic carbocycles. The number of sulfonamides is 1. The summed E-state index contributed by atoms with van der Waals surface area (Å²) < 4.78 is 39.7. The summed E-state index contributed by atoms with van der Waals surface area (Å²) in [4.78, 5) is 11.3. The Morgan fingerprint density at radius 3 is 2.79 bits per heavy atom. The van der Waals surface area contributed by atoms with Crippen molar-refractivity contribution >= 4 is 21.6 Å². The third-order valence-electron chi connectivity index (χ3n) is 4.37. The largest absolute Gasteiger partial charge is 0.493 e. The molecule has 28 heavy (non-hydrogen) atoms. The number of amides is 1. The van der Waals surface area contributed by atoms with Crippen LogP contribution >= 0.6 is 0 Å². The van der Waals surface area contributed by atoms with Crippen molar-refractivity contribution in [3.63, 3.8) is 0 Å². The molecule has 1 atom stereocenters. The molecular weight excluding hydrogens is 380 g/mol. The molecule has 0 aromatic heterocycles. The van der Waals surface area contributed by atoms with Crippen LogP contribution in [0.25, 0.3) is 0 Å². The number of ether oxygens (including phenoxy) is 2. The highest BCUT2D eigenvalue weighted by Crippen LogP contribution is 2.29. The molecule has 1 aliphatic rings. The minimum absolute atomic E-state index is 0.00210. The maximum absolute atomic E-state index is 12.9. The maximum atomic E-state index is 12.9. The fraction of sp³-hybridized carbons (Fsp3) is 0.350. The summed E-state index contributed by atoms with van der Waals surface area (Å²) in [6.07, 6.45) is 0.739. The van der Waals surface area contributed by atoms with Crippen molar-refractivity contribution < 1.29 is 22.7 Å². The fourth-order valence-electron chi connectivity index (χ4n) is 3.10. The molecule has 0 unspecified atom stereocenters. The Morgan fingerprint density at radius 2 is 2.04 bits per heavy atom. The van der Waals surface area contributed by atoms with Gasteiger partial charge in [-0.05, 0) is 43.2 Å². The van der Waals surface area contributed by atoms with E-state index in [0.29, 0.717) is 18.9 Å². The standard InChI is InChI=1S/C20H24N2O5S/c1-3-26-19-9-8-17(22-14(2)23)11-20(19)28(24,25)21-12-15-10-16-6-4-5-7-18(16)27-13-15/h4-9,11,15,21H,3,10,12-13H2,1-2H3,(H,22,23)/t15-/m1/s1. The predicted molar refractivity (Wildman–Crippen MR) is 106 cm³/mol. The van der Waals surface area contributed by atoms with Gasteiger partial charge in [-0.15, -0.1) is 0 Å². The Morgan fingerprint density at radius 1 is 1.25 bits per heavy atom. The van der Waals surface area contributed by atoms with Gasteiger partial charge in [0.2, 0.25) is 15.9 Å². The van der Waals surface area contributed by atoms with Crippen LogP contribution in [0.2, 0.25) is 0 Å². The van der Waals surface area contributed by atoms with E-state index in [1.807, 2.05) is 24.3 Å². The van der Waals surface area contributed by atoms with E-state index in [1.54, 1.807) is 19.1 Å². The van der Waals surface area contributed by atoms with Gasteiger partial charge in [-0.25, -0.2) is 13.1 Å². The van der Waals surface area contributed by atoms with E-state index in [-0.39, 0.29) is 29.0 Å². The number of anilines is 1. The summed E-state index contributed by atoms with van der Waals surface area (Å²) in [5.74, 6) is 0.842. The quantitative estimate of drug-likeness (QED) is 0.740. The van der Waals surface area contributed by atoms with Crippen LogP contribution in [-0.4, -0.2) is 34.1 Å². The number of fused-ring (bicyclic) bond motifs is 1. The van der Waals surface area contributed by atoms with Crippen molar-refractivity contribution in [1.29, 1.82) is 0 Å². The van der Waals surface area contributed by atoms with E-state index >= 15 is 0 Å². The summed E-state index contributed by atoms with van der Waals surface area (Å²) in [6, 6.07) is 12.3. The highest BCUT2D eigenvalue weighted by molar-refractivity contribution is 7.89. The number of benzene rings is 2. The van der Waals surface area contributed by atoms with Gasteiger partial charge >= 0.3 is 0 Å². The zero-order valence-corrected chi connectivity index (χ0v) is 16.7. The van der Waals surface area contributed by atoms with Crippen LogP contribution in [-0.2, 0) is 21.2 Å². The minimum atomic E-state index is -3.83. The van der Waals surface area contributed by atoms with Crippen molar-refractivity contribution in [3.05, 3.63) is 48.0 Å². The molecule has 1 heterocycles. The van der Waals surface area contributed by atoms with Gasteiger partial charge in [0.25, 0.3) is 0 Å². The van der Waals surface area contributed by atoms with E-state index in [1.165, 1.54) is 13.0 Å². The van der Waals surface area contributed by atoms with Crippen LogP contribution in [0.1, 0.15) is 19.4 Å². The number of hydrogen-bond donors (Lipinski definition) is 2. The van der Waals surface area contributed by atoms with Crippen molar-refractivity contribution in [2.24, 2.45) is 5.92 Å². The van der Waals surface area contributed by atoms with E-state index in [9.17, 15) is 13.2 Å². The van der Waals surface area contributed by atoms with Crippen LogP contribution in [0.3, 0.4) is 0 Å². The average molecular weight is 404 g/mol. The Hall–Kier alpha value is -2.58. The molecule has 1 aliphatic heterocycles. The normalized spacial score (nSPS) is 16.0. The van der Waals surface area contributed by atoms with E-state index < -0.39 is 10.0 Å². The van der Waals surface area contributed by atoms with Crippen LogP contribution in [0, 0.1) is 5.92 Å². The van der Waals surface area contributed by atoms with Gasteiger partial charge in [-0.2, -0.15) is 0 Å². The van der Waals surface area contributed by atoms with Gasteiger partial charge in [0, 0.05) is 25.1 Å². The molecule has 0 saturated heterocycles. The monoisotopic (exact) mass is 404 g/mol. The Bertz CT molecular complexity index is 959. The molecule has 3 rings (SSSR count). The second kappa shape index (κ2) is 8.62. The maximum Gasteiger partial charge on any atom is 0.244 e. The molecule has 2 N–H and O–H groups in total. The van der Waals surface area contributed by atoms with Gasteiger partial charge in [-0.3, -0.25) is 4.79 Å². The average Bonchev–Trinajstić information content (AvgIpc) is 2.67. The first-order chi connectivity index (χ1) is 13.4. The molecule has 8 heteroatoms. The van der Waals surface area contributed by atoms with Gasteiger partial charge in [-0.1, -0.05) is 18.2 Å². The summed E-state index contributed by atoms with van der Waals surface area (Å²) >= 11 is 0. The van der Waals surface area contributed by atoms with E-state index in [4.69, 9.17) is 9.47 Å². The summed E-state index contributed by atoms with van der Waals surface area (Å²) in [5, 5.41) is 2.60. The van der Waals surface area contributed by atoms with Crippen molar-refractivity contribution in [2.75, 3.05) is 25.1 Å². The second-order valence-corrected chi connectivity index (χ2v) is 8.35. The minimum Gasteiger partial charge on any atom is -0.493 e. The van der Waals surface area contributed by atoms with Crippen LogP contribution in [0.15, 0.2) is 47.4 Å². The lowest BCUT2D eigenvalue weighted by atomic mass is 9.97. The van der Waals surface area contributed by atoms with Gasteiger partial charge in [0.05, 0.1) is 13.2 Å². The molecule has 2 aromatic rings. The molecule has 0 radical (unpaired) electrons. The highest BCUT2D eigenvalue weighted by Gasteiger charge is 2.25. The van der Waals surface area contributed by atoms with Crippen LogP contribution in [0.5, 0.6) is 11.5 Å². The fourth-order valence-corrected chi connectivity index (χ4v) is 4.39. The van der Waals surface area contributed by atoms with Gasteiger partial charge in [0.15, 0.2) is 0 Å². The van der Waals surface area contributed by atoms with Gasteiger partial charge < -0.3 is 14.8 Å². The van der Waals surface area contributed by atoms with Crippen molar-refractivity contribution in [2.45, 2.75) is 25.2 Å². The van der Waals surface area contributed by atoms with E-state index in [0.717, 1.165) is 17.7 Å². The van der Waals surface area contributed by atoms with E-state index in [2.05, 4.69) is 10.0 Å². The first-order valence-corrected chi connectivity index (χ1v) is 10.6. The van der Waals surface area contributed by atoms with Crippen molar-refractivity contribution in [3.8, 4) is 11.5 Å². The lowest BCUT2D eigenvalue weighted by molar-refractivity contribution is -0.114. The number of para-hydroxylation sites is 1. The topological polar surface area (TPSA) is 93.7 Å². The summed E-state index contributed by atoms with van der Waals surface area (Å²) in [5.41, 5.74) is 1.46. The number of rotatable bonds is 7. The molecule has 0 spiro atoms. The smallest absolute Gasteiger partial charge is 0.244 e. The zero-order valence-electron chi connectivity index (χ0n) is 15.9. The molecule has 150 valence electrons. The number of hydrogen-bond acceptors (Lipinski definition) is 5. The molecular formula is C20H24N2O5S. The summed E-state index contributed by atoms with van der Waals surface area (Å²) in [6.45, 7) is 4.16. The zero-order chi connectivity index (χ0) is 20.1. The SMILES string of the molecule is CCOc1ccc(NC(C)=O)cc1S(=O)(=O)NC[C@@H]1COc2ccccc2C1. The lowest BCUT2D eigenvalue weighted by Gasteiger charge is -2.25. The van der Waals surface area contributed by atoms with Gasteiger partial charge in [0.1, 0.15) is 16.4 Å². The highest BCUT2D eigenvalue weighted by atomic mass is 32.2. The molecule has 0 saturated carbocycles.